The van der Waals surface area contributed by atoms with Gasteiger partial charge in [0, 0.05) is 4.47 Å². The Hall–Kier alpha value is 0.710. The number of phenols is 1. The first-order valence-corrected chi connectivity index (χ1v) is 12.6. The molecule has 0 heterocycles. The molecule has 0 aromatic heterocycles. The minimum Gasteiger partial charge on any atom is -0.506 e. The zero-order valence-corrected chi connectivity index (χ0v) is 20.9. The molecule has 144 valence electrons. The third-order valence-electron chi connectivity index (χ3n) is 4.77. The first-order chi connectivity index (χ1) is 12.1. The molecular formula is C21H33Br2IO. The van der Waals surface area contributed by atoms with Gasteiger partial charge in [0.25, 0.3) is 0 Å². The molecule has 0 fully saturated rings. The molecule has 0 aliphatic heterocycles. The first kappa shape index (κ1) is 23.7. The fraction of sp³-hybridized carbons (Fsp3) is 0.714. The van der Waals surface area contributed by atoms with Gasteiger partial charge in [-0.1, -0.05) is 99.9 Å². The van der Waals surface area contributed by atoms with Gasteiger partial charge < -0.3 is 5.11 Å². The van der Waals surface area contributed by atoms with Crippen LogP contribution in [0.3, 0.4) is 0 Å². The number of rotatable bonds is 14. The summed E-state index contributed by atoms with van der Waals surface area (Å²) in [5.74, 6) is 0.369. The van der Waals surface area contributed by atoms with Gasteiger partial charge in [-0.25, -0.2) is 0 Å². The van der Waals surface area contributed by atoms with Crippen LogP contribution in [0.15, 0.2) is 15.0 Å². The summed E-state index contributed by atoms with van der Waals surface area (Å²) in [7, 11) is 0. The molecule has 0 unspecified atom stereocenters. The van der Waals surface area contributed by atoms with Crippen LogP contribution in [-0.4, -0.2) is 5.11 Å². The maximum atomic E-state index is 10.0. The first-order valence-electron chi connectivity index (χ1n) is 9.93. The van der Waals surface area contributed by atoms with Crippen molar-refractivity contribution in [3.05, 3.63) is 24.1 Å². The lowest BCUT2D eigenvalue weighted by Gasteiger charge is -2.11. The van der Waals surface area contributed by atoms with Crippen molar-refractivity contribution < 1.29 is 5.11 Å². The molecule has 0 bridgehead atoms. The Morgan fingerprint density at radius 3 is 1.68 bits per heavy atom. The summed E-state index contributed by atoms with van der Waals surface area (Å²) >= 11 is 9.26. The van der Waals surface area contributed by atoms with Gasteiger partial charge in [0.2, 0.25) is 0 Å². The zero-order chi connectivity index (χ0) is 18.5. The number of hydrogen-bond acceptors (Lipinski definition) is 1. The molecule has 1 aromatic carbocycles. The molecule has 0 aliphatic carbocycles. The van der Waals surface area contributed by atoms with E-state index in [1.54, 1.807) is 0 Å². The van der Waals surface area contributed by atoms with Crippen molar-refractivity contribution in [1.82, 2.24) is 0 Å². The molecule has 1 aromatic rings. The topological polar surface area (TPSA) is 20.2 Å². The van der Waals surface area contributed by atoms with Crippen molar-refractivity contribution in [3.8, 4) is 5.75 Å². The van der Waals surface area contributed by atoms with Gasteiger partial charge in [-0.3, -0.25) is 0 Å². The van der Waals surface area contributed by atoms with Crippen LogP contribution < -0.4 is 0 Å². The largest absolute Gasteiger partial charge is 0.506 e. The van der Waals surface area contributed by atoms with E-state index in [2.05, 4.69) is 61.4 Å². The fourth-order valence-corrected chi connectivity index (χ4v) is 6.12. The molecule has 0 atom stereocenters. The number of unbranched alkanes of at least 4 members (excludes halogenated alkanes) is 12. The molecule has 0 spiro atoms. The second-order valence-electron chi connectivity index (χ2n) is 6.97. The Morgan fingerprint density at radius 1 is 0.760 bits per heavy atom. The molecule has 1 rings (SSSR count). The third kappa shape index (κ3) is 9.99. The van der Waals surface area contributed by atoms with Gasteiger partial charge in [-0.15, -0.1) is 0 Å². The Kier molecular flexibility index (Phi) is 14.0. The van der Waals surface area contributed by atoms with Crippen molar-refractivity contribution in [1.29, 1.82) is 0 Å². The Balaban J connectivity index is 2.02. The van der Waals surface area contributed by atoms with E-state index in [9.17, 15) is 5.11 Å². The number of hydrogen-bond donors (Lipinski definition) is 1. The summed E-state index contributed by atoms with van der Waals surface area (Å²) in [6.45, 7) is 2.28. The van der Waals surface area contributed by atoms with Crippen LogP contribution in [0, 0.1) is 3.57 Å². The molecule has 0 saturated carbocycles. The number of benzene rings is 1. The van der Waals surface area contributed by atoms with Gasteiger partial charge in [0.05, 0.1) is 8.04 Å². The van der Waals surface area contributed by atoms with Gasteiger partial charge in [0.15, 0.2) is 0 Å². The molecule has 0 amide bonds. The lowest BCUT2D eigenvalue weighted by molar-refractivity contribution is 0.466. The van der Waals surface area contributed by atoms with Crippen LogP contribution in [0.4, 0.5) is 0 Å². The van der Waals surface area contributed by atoms with E-state index in [1.165, 1.54) is 89.0 Å². The monoisotopic (exact) mass is 586 g/mol. The van der Waals surface area contributed by atoms with Gasteiger partial charge in [-0.2, -0.15) is 0 Å². The van der Waals surface area contributed by atoms with Crippen molar-refractivity contribution >= 4 is 54.5 Å². The number of halogens is 3. The highest BCUT2D eigenvalue weighted by Gasteiger charge is 2.12. The summed E-state index contributed by atoms with van der Waals surface area (Å²) in [5.41, 5.74) is 1.24. The highest BCUT2D eigenvalue weighted by molar-refractivity contribution is 14.1. The molecule has 1 N–H and O–H groups in total. The SMILES string of the molecule is CCCCCCCCCCCCCCCc1c(Br)cc(Br)c(O)c1I. The Bertz CT molecular complexity index is 491. The van der Waals surface area contributed by atoms with E-state index < -0.39 is 0 Å². The van der Waals surface area contributed by atoms with E-state index in [-0.39, 0.29) is 0 Å². The predicted molar refractivity (Wildman–Crippen MR) is 126 cm³/mol. The second-order valence-corrected chi connectivity index (χ2v) is 9.76. The normalized spacial score (nSPS) is 11.2. The van der Waals surface area contributed by atoms with Crippen LogP contribution in [0.1, 0.15) is 96.0 Å². The fourth-order valence-electron chi connectivity index (χ4n) is 3.17. The highest BCUT2D eigenvalue weighted by Crippen LogP contribution is 2.37. The summed E-state index contributed by atoms with van der Waals surface area (Å²) in [4.78, 5) is 0. The van der Waals surface area contributed by atoms with Gasteiger partial charge in [-0.05, 0) is 63.0 Å². The van der Waals surface area contributed by atoms with Crippen LogP contribution in [0.25, 0.3) is 0 Å². The average Bonchev–Trinajstić information content (AvgIpc) is 2.59. The van der Waals surface area contributed by atoms with Gasteiger partial charge >= 0.3 is 0 Å². The van der Waals surface area contributed by atoms with E-state index in [0.717, 1.165) is 18.9 Å². The van der Waals surface area contributed by atoms with Crippen LogP contribution in [0.5, 0.6) is 5.75 Å². The Labute approximate surface area is 185 Å². The molecule has 0 aliphatic rings. The van der Waals surface area contributed by atoms with E-state index in [0.29, 0.717) is 5.75 Å². The third-order valence-corrected chi connectivity index (χ3v) is 7.25. The quantitative estimate of drug-likeness (QED) is 0.170. The van der Waals surface area contributed by atoms with E-state index >= 15 is 0 Å². The van der Waals surface area contributed by atoms with Crippen molar-refractivity contribution in [2.45, 2.75) is 96.8 Å². The van der Waals surface area contributed by atoms with Crippen molar-refractivity contribution in [2.24, 2.45) is 0 Å². The molecule has 1 nitrogen and oxygen atoms in total. The summed E-state index contributed by atoms with van der Waals surface area (Å²) in [5, 5.41) is 10.0. The van der Waals surface area contributed by atoms with E-state index in [4.69, 9.17) is 0 Å². The lowest BCUT2D eigenvalue weighted by Crippen LogP contribution is -1.93. The maximum absolute atomic E-state index is 10.0. The van der Waals surface area contributed by atoms with Gasteiger partial charge in [0.1, 0.15) is 5.75 Å². The van der Waals surface area contributed by atoms with Crippen molar-refractivity contribution in [3.63, 3.8) is 0 Å². The summed E-state index contributed by atoms with van der Waals surface area (Å²) in [6.07, 6.45) is 19.0. The predicted octanol–water partition coefficient (Wildman–Crippen LogP) is 9.16. The van der Waals surface area contributed by atoms with Crippen LogP contribution >= 0.6 is 54.5 Å². The zero-order valence-electron chi connectivity index (χ0n) is 15.6. The standard InChI is InChI=1S/C21H33Br2IO/c1-2-3-4-5-6-7-8-9-10-11-12-13-14-15-17-18(22)16-19(23)21(25)20(17)24/h16,25H,2-15H2,1H3. The highest BCUT2D eigenvalue weighted by atomic mass is 127. The molecule has 25 heavy (non-hydrogen) atoms. The van der Waals surface area contributed by atoms with E-state index in [1.807, 2.05) is 6.07 Å². The summed E-state index contributed by atoms with van der Waals surface area (Å²) < 4.78 is 2.83. The molecule has 4 heteroatoms. The number of aromatic hydroxyl groups is 1. The minimum absolute atomic E-state index is 0.369. The molecular weight excluding hydrogens is 555 g/mol. The summed E-state index contributed by atoms with van der Waals surface area (Å²) in [6, 6.07) is 1.95. The number of phenolic OH excluding ortho intramolecular Hbond substituents is 1. The lowest BCUT2D eigenvalue weighted by atomic mass is 10.0. The molecule has 0 saturated heterocycles. The smallest absolute Gasteiger partial charge is 0.143 e. The minimum atomic E-state index is 0.369. The molecule has 0 radical (unpaired) electrons. The maximum Gasteiger partial charge on any atom is 0.143 e. The van der Waals surface area contributed by atoms with Crippen molar-refractivity contribution in [2.75, 3.05) is 0 Å². The Morgan fingerprint density at radius 2 is 1.20 bits per heavy atom. The average molecular weight is 588 g/mol. The second kappa shape index (κ2) is 14.7. The van der Waals surface area contributed by atoms with Crippen LogP contribution in [0.2, 0.25) is 0 Å². The van der Waals surface area contributed by atoms with Crippen LogP contribution in [-0.2, 0) is 6.42 Å².